The van der Waals surface area contributed by atoms with Crippen molar-refractivity contribution in [1.29, 1.82) is 0 Å². The van der Waals surface area contributed by atoms with Gasteiger partial charge < -0.3 is 10.3 Å². The molecule has 0 radical (unpaired) electrons. The van der Waals surface area contributed by atoms with Crippen molar-refractivity contribution >= 4 is 16.8 Å². The minimum Gasteiger partial charge on any atom is -0.360 e. The van der Waals surface area contributed by atoms with Gasteiger partial charge in [-0.3, -0.25) is 4.79 Å². The maximum atomic E-state index is 13.8. The third-order valence-corrected chi connectivity index (χ3v) is 3.84. The Morgan fingerprint density at radius 1 is 1.26 bits per heavy atom. The summed E-state index contributed by atoms with van der Waals surface area (Å²) in [4.78, 5) is 15.2. The first-order valence-corrected chi connectivity index (χ1v) is 6.82. The fourth-order valence-electron chi connectivity index (χ4n) is 2.83. The van der Waals surface area contributed by atoms with Gasteiger partial charge >= 0.3 is 0 Å². The lowest BCUT2D eigenvalue weighted by Gasteiger charge is -2.22. The largest absolute Gasteiger partial charge is 0.360 e. The van der Waals surface area contributed by atoms with Crippen LogP contribution in [0.15, 0.2) is 24.4 Å². The summed E-state index contributed by atoms with van der Waals surface area (Å²) in [6, 6.07) is 5.03. The second-order valence-electron chi connectivity index (χ2n) is 5.17. The Morgan fingerprint density at radius 3 is 2.84 bits per heavy atom. The van der Waals surface area contributed by atoms with Crippen molar-refractivity contribution in [1.82, 2.24) is 10.3 Å². The Balaban J connectivity index is 1.85. The van der Waals surface area contributed by atoms with Crippen LogP contribution in [0.5, 0.6) is 0 Å². The molecule has 3 nitrogen and oxygen atoms in total. The molecule has 4 heteroatoms. The topological polar surface area (TPSA) is 44.9 Å². The molecule has 0 atom stereocenters. The van der Waals surface area contributed by atoms with Gasteiger partial charge in [-0.15, -0.1) is 0 Å². The summed E-state index contributed by atoms with van der Waals surface area (Å²) < 4.78 is 13.8. The van der Waals surface area contributed by atoms with Gasteiger partial charge in [-0.1, -0.05) is 25.3 Å². The van der Waals surface area contributed by atoms with Crippen LogP contribution in [-0.4, -0.2) is 16.9 Å². The van der Waals surface area contributed by atoms with E-state index in [1.807, 2.05) is 0 Å². The molecule has 2 N–H and O–H groups in total. The summed E-state index contributed by atoms with van der Waals surface area (Å²) in [7, 11) is 0. The third kappa shape index (κ3) is 2.35. The minimum atomic E-state index is -0.354. The molecule has 1 heterocycles. The number of fused-ring (bicyclic) bond motifs is 1. The smallest absolute Gasteiger partial charge is 0.253 e. The number of hydrogen-bond donors (Lipinski definition) is 2. The highest BCUT2D eigenvalue weighted by Crippen LogP contribution is 2.23. The lowest BCUT2D eigenvalue weighted by atomic mass is 9.95. The van der Waals surface area contributed by atoms with Crippen LogP contribution in [0.4, 0.5) is 4.39 Å². The Kier molecular flexibility index (Phi) is 3.23. The van der Waals surface area contributed by atoms with E-state index in [9.17, 15) is 9.18 Å². The molecule has 1 aromatic heterocycles. The summed E-state index contributed by atoms with van der Waals surface area (Å²) in [6.45, 7) is 0. The van der Waals surface area contributed by atoms with Crippen LogP contribution in [0.25, 0.3) is 10.9 Å². The number of nitrogens with one attached hydrogen (secondary N) is 2. The Morgan fingerprint density at radius 2 is 2.05 bits per heavy atom. The summed E-state index contributed by atoms with van der Waals surface area (Å²) in [5, 5.41) is 3.40. The van der Waals surface area contributed by atoms with E-state index in [4.69, 9.17) is 0 Å². The van der Waals surface area contributed by atoms with Crippen molar-refractivity contribution in [2.24, 2.45) is 0 Å². The quantitative estimate of drug-likeness (QED) is 0.854. The molecule has 1 aromatic carbocycles. The predicted molar refractivity (Wildman–Crippen MR) is 72.6 cm³/mol. The van der Waals surface area contributed by atoms with Gasteiger partial charge in [-0.25, -0.2) is 4.39 Å². The molecule has 1 aliphatic carbocycles. The standard InChI is InChI=1S/C15H17FN2O/c16-12-7-4-8-13-14(12)11(9-17-13)15(19)18-10-5-2-1-3-6-10/h4,7-10,17H,1-3,5-6H2,(H,18,19). The number of aromatic nitrogens is 1. The van der Waals surface area contributed by atoms with Crippen LogP contribution in [0.3, 0.4) is 0 Å². The van der Waals surface area contributed by atoms with E-state index in [0.717, 1.165) is 25.7 Å². The van der Waals surface area contributed by atoms with Gasteiger partial charge in [0.25, 0.3) is 5.91 Å². The van der Waals surface area contributed by atoms with Gasteiger partial charge in [0.1, 0.15) is 5.82 Å². The summed E-state index contributed by atoms with van der Waals surface area (Å²) >= 11 is 0. The first-order valence-electron chi connectivity index (χ1n) is 6.82. The second kappa shape index (κ2) is 5.03. The summed E-state index contributed by atoms with van der Waals surface area (Å²) in [5.74, 6) is -0.532. The van der Waals surface area contributed by atoms with E-state index in [0.29, 0.717) is 16.5 Å². The molecule has 0 bridgehead atoms. The molecular weight excluding hydrogens is 243 g/mol. The number of halogens is 1. The van der Waals surface area contributed by atoms with Crippen LogP contribution in [0.2, 0.25) is 0 Å². The van der Waals surface area contributed by atoms with Crippen LogP contribution in [0.1, 0.15) is 42.5 Å². The first kappa shape index (κ1) is 12.2. The molecule has 0 saturated heterocycles. The zero-order chi connectivity index (χ0) is 13.2. The SMILES string of the molecule is O=C(NC1CCCCC1)c1c[nH]c2cccc(F)c12. The van der Waals surface area contributed by atoms with E-state index in [1.165, 1.54) is 12.5 Å². The molecule has 3 rings (SSSR count). The van der Waals surface area contributed by atoms with E-state index in [-0.39, 0.29) is 17.8 Å². The summed E-state index contributed by atoms with van der Waals surface area (Å²) in [6.07, 6.45) is 7.20. The zero-order valence-corrected chi connectivity index (χ0v) is 10.7. The lowest BCUT2D eigenvalue weighted by molar-refractivity contribution is 0.0929. The van der Waals surface area contributed by atoms with Crippen LogP contribution < -0.4 is 5.32 Å². The van der Waals surface area contributed by atoms with Crippen LogP contribution >= 0.6 is 0 Å². The van der Waals surface area contributed by atoms with Crippen LogP contribution in [0, 0.1) is 5.82 Å². The average Bonchev–Trinajstić information content (AvgIpc) is 2.85. The first-order chi connectivity index (χ1) is 9.25. The average molecular weight is 260 g/mol. The Labute approximate surface area is 111 Å². The molecule has 1 saturated carbocycles. The van der Waals surface area contributed by atoms with Gasteiger partial charge in [0.05, 0.1) is 5.56 Å². The van der Waals surface area contributed by atoms with Crippen LogP contribution in [-0.2, 0) is 0 Å². The lowest BCUT2D eigenvalue weighted by Crippen LogP contribution is -2.36. The number of hydrogen-bond acceptors (Lipinski definition) is 1. The van der Waals surface area contributed by atoms with E-state index in [1.54, 1.807) is 18.3 Å². The molecule has 1 aliphatic rings. The Hall–Kier alpha value is -1.84. The van der Waals surface area contributed by atoms with Crippen molar-refractivity contribution in [2.75, 3.05) is 0 Å². The highest BCUT2D eigenvalue weighted by molar-refractivity contribution is 6.07. The van der Waals surface area contributed by atoms with Crippen molar-refractivity contribution < 1.29 is 9.18 Å². The number of carbonyl (C=O) groups is 1. The molecule has 0 aliphatic heterocycles. The highest BCUT2D eigenvalue weighted by atomic mass is 19.1. The van der Waals surface area contributed by atoms with Crippen molar-refractivity contribution in [3.63, 3.8) is 0 Å². The molecular formula is C15H17FN2O. The van der Waals surface area contributed by atoms with E-state index >= 15 is 0 Å². The number of rotatable bonds is 2. The number of amides is 1. The molecule has 1 fully saturated rings. The maximum Gasteiger partial charge on any atom is 0.253 e. The third-order valence-electron chi connectivity index (χ3n) is 3.84. The number of aromatic amines is 1. The molecule has 0 unspecified atom stereocenters. The monoisotopic (exact) mass is 260 g/mol. The van der Waals surface area contributed by atoms with Crippen molar-refractivity contribution in [3.8, 4) is 0 Å². The molecule has 100 valence electrons. The number of carbonyl (C=O) groups excluding carboxylic acids is 1. The van der Waals surface area contributed by atoms with Gasteiger partial charge in [0.2, 0.25) is 0 Å². The fourth-order valence-corrected chi connectivity index (χ4v) is 2.83. The maximum absolute atomic E-state index is 13.8. The fraction of sp³-hybridized carbons (Fsp3) is 0.400. The molecule has 1 amide bonds. The Bertz CT molecular complexity index is 599. The number of H-pyrrole nitrogens is 1. The number of benzene rings is 1. The van der Waals surface area contributed by atoms with Gasteiger partial charge in [0.15, 0.2) is 0 Å². The molecule has 19 heavy (non-hydrogen) atoms. The minimum absolute atomic E-state index is 0.178. The van der Waals surface area contributed by atoms with Crippen molar-refractivity contribution in [2.45, 2.75) is 38.1 Å². The molecule has 0 spiro atoms. The highest BCUT2D eigenvalue weighted by Gasteiger charge is 2.20. The van der Waals surface area contributed by atoms with Gasteiger partial charge in [-0.2, -0.15) is 0 Å². The second-order valence-corrected chi connectivity index (χ2v) is 5.17. The molecule has 2 aromatic rings. The normalized spacial score (nSPS) is 16.7. The van der Waals surface area contributed by atoms with Crippen molar-refractivity contribution in [3.05, 3.63) is 35.8 Å². The van der Waals surface area contributed by atoms with E-state index in [2.05, 4.69) is 10.3 Å². The van der Waals surface area contributed by atoms with Gasteiger partial charge in [-0.05, 0) is 25.0 Å². The van der Waals surface area contributed by atoms with Gasteiger partial charge in [0, 0.05) is 23.1 Å². The zero-order valence-electron chi connectivity index (χ0n) is 10.7. The van der Waals surface area contributed by atoms with E-state index < -0.39 is 0 Å². The summed E-state index contributed by atoms with van der Waals surface area (Å²) in [5.41, 5.74) is 1.06. The predicted octanol–water partition coefficient (Wildman–Crippen LogP) is 3.37.